The number of terminal acetylenes is 1. The van der Waals surface area contributed by atoms with Gasteiger partial charge in [-0.2, -0.15) is 52.7 Å². The van der Waals surface area contributed by atoms with E-state index in [1.165, 1.54) is 0 Å². The van der Waals surface area contributed by atoms with Crippen molar-refractivity contribution < 1.29 is 71.7 Å². The number of rotatable bonds is 2. The summed E-state index contributed by atoms with van der Waals surface area (Å²) in [6, 6.07) is 0. The maximum absolute atomic E-state index is 12.8. The molecule has 0 aromatic carbocycles. The second-order valence-electron chi connectivity index (χ2n) is 4.39. The Kier molecular flexibility index (Phi) is 21.9. The Morgan fingerprint density at radius 1 is 0.788 bits per heavy atom. The zero-order valence-electron chi connectivity index (χ0n) is 15.2. The first-order chi connectivity index (χ1) is 13.9. The molecule has 192 valence electrons. The molecule has 3 N–H and O–H groups in total. The monoisotopic (exact) mass is 757 g/mol. The van der Waals surface area contributed by atoms with E-state index < -0.39 is 50.3 Å². The summed E-state index contributed by atoms with van der Waals surface area (Å²) in [5.41, 5.74) is -5.43. The normalized spacial score (nSPS) is 12.9. The Hall–Kier alpha value is 0.0974. The Balaban J connectivity index is -0.000000128. The summed E-state index contributed by atoms with van der Waals surface area (Å²) >= 11 is 2.32. The van der Waals surface area contributed by atoms with Crippen molar-refractivity contribution in [1.82, 2.24) is 0 Å². The van der Waals surface area contributed by atoms with E-state index in [4.69, 9.17) is 14.6 Å². The van der Waals surface area contributed by atoms with Gasteiger partial charge in [0.1, 0.15) is 6.61 Å². The Bertz CT molecular complexity index is 584. The summed E-state index contributed by atoms with van der Waals surface area (Å²) in [7, 11) is 0. The minimum absolute atomic E-state index is 0. The maximum atomic E-state index is 12.8. The van der Waals surface area contributed by atoms with Gasteiger partial charge >= 0.3 is 54.5 Å². The van der Waals surface area contributed by atoms with Crippen LogP contribution in [0.2, 0.25) is 0 Å². The summed E-state index contributed by atoms with van der Waals surface area (Å²) in [6.45, 7) is -1.25. The first-order valence-corrected chi connectivity index (χ1v) is 9.25. The summed E-state index contributed by atoms with van der Waals surface area (Å²) in [5, 5.41) is 15.9. The van der Waals surface area contributed by atoms with Crippen LogP contribution in [0.25, 0.3) is 0 Å². The van der Waals surface area contributed by atoms with Crippen LogP contribution in [0, 0.1) is 16.7 Å². The minimum atomic E-state index is -6.11. The molecule has 0 aliphatic carbocycles. The van der Waals surface area contributed by atoms with Gasteiger partial charge in [0.25, 0.3) is 0 Å². The van der Waals surface area contributed by atoms with Crippen molar-refractivity contribution in [3.63, 3.8) is 0 Å². The molecule has 0 unspecified atom stereocenters. The molecule has 0 heterocycles. The molecule has 33 heavy (non-hydrogen) atoms. The number of alkyl halides is 15. The third-order valence-electron chi connectivity index (χ3n) is 2.13. The van der Waals surface area contributed by atoms with E-state index in [9.17, 15) is 61.5 Å². The molecule has 0 aromatic heterocycles. The molecule has 0 rings (SSSR count). The van der Waals surface area contributed by atoms with Gasteiger partial charge in [0.05, 0.1) is 6.61 Å². The van der Waals surface area contributed by atoms with Crippen molar-refractivity contribution in [2.45, 2.75) is 34.0 Å². The number of aliphatic hydroxyl groups is 2. The summed E-state index contributed by atoms with van der Waals surface area (Å²) in [4.78, 5) is 0. The number of nitrogens with one attached hydrogen (secondary N) is 1. The average Bonchev–Trinajstić information content (AvgIpc) is 2.60. The van der Waals surface area contributed by atoms with Crippen LogP contribution in [0.15, 0.2) is 9.66 Å². The van der Waals surface area contributed by atoms with Gasteiger partial charge in [-0.1, -0.05) is 5.92 Å². The van der Waals surface area contributed by atoms with Gasteiger partial charge in [-0.15, -0.1) is 6.42 Å². The van der Waals surface area contributed by atoms with Crippen molar-refractivity contribution in [3.8, 4) is 12.3 Å². The quantitative estimate of drug-likeness (QED) is 0.115. The van der Waals surface area contributed by atoms with E-state index in [1.807, 2.05) is 5.92 Å². The van der Waals surface area contributed by atoms with Crippen LogP contribution in [0.3, 0.4) is 0 Å². The predicted molar refractivity (Wildman–Crippen MR) is 105 cm³/mol. The van der Waals surface area contributed by atoms with Crippen LogP contribution >= 0.6 is 45.2 Å². The van der Waals surface area contributed by atoms with Crippen LogP contribution in [-0.4, -0.2) is 82.0 Å². The first kappa shape index (κ1) is 43.2. The van der Waals surface area contributed by atoms with Crippen molar-refractivity contribution in [3.05, 3.63) is 9.66 Å². The fourth-order valence-electron chi connectivity index (χ4n) is 0.747. The van der Waals surface area contributed by atoms with Gasteiger partial charge in [-0.05, 0) is 51.3 Å². The third kappa shape index (κ3) is 15.0. The number of hydrogen-bond donors (Lipinski definition) is 3. The van der Waals surface area contributed by atoms with Crippen molar-refractivity contribution in [2.75, 3.05) is 13.2 Å². The van der Waals surface area contributed by atoms with Crippen molar-refractivity contribution in [2.24, 2.45) is 0 Å². The number of halogens is 16. The zero-order chi connectivity index (χ0) is 27.4. The third-order valence-corrected chi connectivity index (χ3v) is 4.01. The Morgan fingerprint density at radius 2 is 1.03 bits per heavy atom. The van der Waals surface area contributed by atoms with Crippen LogP contribution in [0.4, 0.5) is 61.5 Å². The molecule has 0 aliphatic heterocycles. The number of aliphatic hydroxyl groups excluding tert-OH is 2. The molecule has 0 saturated heterocycles. The molecule has 0 spiro atoms. The van der Waals surface area contributed by atoms with Crippen LogP contribution in [0.1, 0.15) is 0 Å². The molecular formula is C12H9AlBF14I2NO2. The van der Waals surface area contributed by atoms with E-state index in [2.05, 4.69) is 6.42 Å². The van der Waals surface area contributed by atoms with E-state index in [0.29, 0.717) is 0 Å². The van der Waals surface area contributed by atoms with Gasteiger partial charge in [0, 0.05) is 12.0 Å². The molecule has 3 nitrogen and oxygen atoms in total. The standard InChI is InChI=1S/C6H4F7IO.C3F7I.C3H4O.Al.B.HN/c7-4(5(8,9)10,6(11,12)13)1-3(14)2-15;4-1(11,2(5,6)7)3(8,9)10;1-2-3-4;;;/h1,15H,2H2;;1,4H,3H2;;;1H. The average molecular weight is 757 g/mol. The van der Waals surface area contributed by atoms with Gasteiger partial charge < -0.3 is 10.2 Å². The fourth-order valence-corrected chi connectivity index (χ4v) is 1.18. The number of hydrogen-bond acceptors (Lipinski definition) is 3. The van der Waals surface area contributed by atoms with Crippen LogP contribution < -0.4 is 0 Å². The second-order valence-corrected chi connectivity index (χ2v) is 7.26. The predicted octanol–water partition coefficient (Wildman–Crippen LogP) is 5.49. The van der Waals surface area contributed by atoms with Crippen LogP contribution in [-0.2, 0) is 0 Å². The molecule has 0 aromatic rings. The van der Waals surface area contributed by atoms with E-state index in [-0.39, 0.29) is 37.6 Å². The van der Waals surface area contributed by atoms with Crippen LogP contribution in [0.5, 0.6) is 0 Å². The van der Waals surface area contributed by atoms with E-state index in [0.717, 1.165) is 22.6 Å². The fraction of sp³-hybridized carbons (Fsp3) is 0.667. The molecular weight excluding hydrogens is 748 g/mol. The summed E-state index contributed by atoms with van der Waals surface area (Å²) in [5.74, 6) is 1.99. The second kappa shape index (κ2) is 16.7. The van der Waals surface area contributed by atoms with E-state index in [1.54, 1.807) is 16.1 Å². The topological polar surface area (TPSA) is 64.3 Å². The molecule has 0 fully saturated rings. The molecule has 21 heteroatoms. The zero-order valence-corrected chi connectivity index (χ0v) is 20.6. The summed E-state index contributed by atoms with van der Waals surface area (Å²) < 4.78 is 163. The Morgan fingerprint density at radius 3 is 1.12 bits per heavy atom. The first-order valence-electron chi connectivity index (χ1n) is 6.52. The number of allylic oxidation sites excluding steroid dienone is 1. The van der Waals surface area contributed by atoms with Gasteiger partial charge in [-0.3, -0.25) is 0 Å². The molecule has 0 saturated carbocycles. The molecule has 0 aliphatic rings. The van der Waals surface area contributed by atoms with E-state index >= 15 is 0 Å². The Labute approximate surface area is 214 Å². The van der Waals surface area contributed by atoms with Gasteiger partial charge in [0.15, 0.2) is 0 Å². The van der Waals surface area contributed by atoms with Crippen molar-refractivity contribution in [1.29, 1.82) is 4.35 Å². The van der Waals surface area contributed by atoms with Crippen molar-refractivity contribution >= 4 is 69.7 Å². The summed E-state index contributed by atoms with van der Waals surface area (Å²) in [6.07, 6.45) is -20.2. The SMILES string of the molecule is C#CCO.FC(F)(F)C(F)(I)C(F)(F)F.OCC(I)=CC(F)(C(F)(F)F)C(F)(F)F.[B].[NH]=[Al]. The molecule has 0 bridgehead atoms. The molecule has 0 atom stereocenters. The molecule has 0 amide bonds. The van der Waals surface area contributed by atoms with Gasteiger partial charge in [-0.25, -0.2) is 8.78 Å². The van der Waals surface area contributed by atoms with Gasteiger partial charge in [0.2, 0.25) is 0 Å². The molecule has 4 radical (unpaired) electrons.